The monoisotopic (exact) mass is 390 g/mol. The molecule has 0 spiro atoms. The summed E-state index contributed by atoms with van der Waals surface area (Å²) in [5, 5.41) is 12.5. The van der Waals surface area contributed by atoms with Gasteiger partial charge in [0, 0.05) is 21.2 Å². The van der Waals surface area contributed by atoms with Crippen molar-refractivity contribution in [2.45, 2.75) is 13.2 Å². The average Bonchev–Trinajstić information content (AvgIpc) is 3.04. The van der Waals surface area contributed by atoms with Crippen LogP contribution in [0.4, 0.5) is 4.39 Å². The Balaban J connectivity index is 1.63. The molecule has 2 heterocycles. The van der Waals surface area contributed by atoms with Crippen LogP contribution in [0, 0.1) is 5.82 Å². The summed E-state index contributed by atoms with van der Waals surface area (Å²) in [5.41, 5.74) is 2.20. The fraction of sp³-hybridized carbons (Fsp3) is 0.188. The van der Waals surface area contributed by atoms with E-state index in [1.165, 1.54) is 16.9 Å². The van der Waals surface area contributed by atoms with Gasteiger partial charge in [-0.05, 0) is 41.6 Å². The molecule has 2 aromatic carbocycles. The molecule has 3 aromatic rings. The topological polar surface area (TPSA) is 62.1 Å². The Labute approximate surface area is 145 Å². The second kappa shape index (κ2) is 6.29. The summed E-state index contributed by atoms with van der Waals surface area (Å²) >= 11 is 3.39. The Morgan fingerprint density at radius 3 is 2.88 bits per heavy atom. The van der Waals surface area contributed by atoms with Gasteiger partial charge in [-0.2, -0.15) is 4.80 Å². The first-order valence-electron chi connectivity index (χ1n) is 7.24. The smallest absolute Gasteiger partial charge is 0.204 e. The number of benzene rings is 2. The Hall–Kier alpha value is -2.32. The summed E-state index contributed by atoms with van der Waals surface area (Å²) in [5.74, 6) is 0.799. The van der Waals surface area contributed by atoms with Gasteiger partial charge in [0.15, 0.2) is 6.79 Å². The van der Waals surface area contributed by atoms with Crippen molar-refractivity contribution in [3.63, 3.8) is 0 Å². The number of tetrazole rings is 1. The fourth-order valence-corrected chi connectivity index (χ4v) is 2.82. The van der Waals surface area contributed by atoms with E-state index in [0.717, 1.165) is 10.0 Å². The van der Waals surface area contributed by atoms with Gasteiger partial charge in [-0.3, -0.25) is 0 Å². The third-order valence-corrected chi connectivity index (χ3v) is 4.15. The minimum Gasteiger partial charge on any atom is -0.467 e. The molecule has 1 aromatic heterocycles. The Morgan fingerprint density at radius 2 is 2.04 bits per heavy atom. The zero-order chi connectivity index (χ0) is 16.5. The Morgan fingerprint density at radius 1 is 1.21 bits per heavy atom. The van der Waals surface area contributed by atoms with E-state index in [1.54, 1.807) is 0 Å². The van der Waals surface area contributed by atoms with Crippen molar-refractivity contribution in [1.82, 2.24) is 20.2 Å². The van der Waals surface area contributed by atoms with E-state index in [4.69, 9.17) is 9.47 Å². The maximum Gasteiger partial charge on any atom is 0.204 e. The largest absolute Gasteiger partial charge is 0.467 e. The SMILES string of the molecule is Fc1cc2c(c(Cn3nnc(-c4ccc(Br)cc4)n3)c1)OCOC2. The maximum absolute atomic E-state index is 13.8. The highest BCUT2D eigenvalue weighted by molar-refractivity contribution is 9.10. The van der Waals surface area contributed by atoms with E-state index in [1.807, 2.05) is 24.3 Å². The lowest BCUT2D eigenvalue weighted by molar-refractivity contribution is -0.0173. The molecule has 8 heteroatoms. The molecule has 6 nitrogen and oxygen atoms in total. The van der Waals surface area contributed by atoms with Crippen LogP contribution >= 0.6 is 15.9 Å². The van der Waals surface area contributed by atoms with Crippen LogP contribution in [0.5, 0.6) is 5.75 Å². The van der Waals surface area contributed by atoms with Crippen LogP contribution in [0.1, 0.15) is 11.1 Å². The number of halogens is 2. The molecular formula is C16H12BrFN4O2. The molecule has 0 bridgehead atoms. The lowest BCUT2D eigenvalue weighted by atomic mass is 10.1. The molecule has 0 saturated carbocycles. The number of hydrogen-bond acceptors (Lipinski definition) is 5. The van der Waals surface area contributed by atoms with Gasteiger partial charge >= 0.3 is 0 Å². The second-order valence-electron chi connectivity index (χ2n) is 5.31. The molecule has 0 amide bonds. The molecule has 24 heavy (non-hydrogen) atoms. The van der Waals surface area contributed by atoms with Crippen LogP contribution in [0.15, 0.2) is 40.9 Å². The first kappa shape index (κ1) is 15.2. The molecule has 0 saturated heterocycles. The van der Waals surface area contributed by atoms with E-state index >= 15 is 0 Å². The zero-order valence-electron chi connectivity index (χ0n) is 12.4. The first-order valence-corrected chi connectivity index (χ1v) is 8.04. The quantitative estimate of drug-likeness (QED) is 0.687. The zero-order valence-corrected chi connectivity index (χ0v) is 14.0. The van der Waals surface area contributed by atoms with Gasteiger partial charge in [-0.15, -0.1) is 10.2 Å². The van der Waals surface area contributed by atoms with E-state index < -0.39 is 0 Å². The number of rotatable bonds is 3. The third-order valence-electron chi connectivity index (χ3n) is 3.62. The molecule has 4 rings (SSSR count). The van der Waals surface area contributed by atoms with Crippen LogP contribution in [0.25, 0.3) is 11.4 Å². The molecule has 0 unspecified atom stereocenters. The predicted octanol–water partition coefficient (Wildman–Crippen LogP) is 3.16. The van der Waals surface area contributed by atoms with Gasteiger partial charge < -0.3 is 9.47 Å². The van der Waals surface area contributed by atoms with Crippen molar-refractivity contribution < 1.29 is 13.9 Å². The lowest BCUT2D eigenvalue weighted by Crippen LogP contribution is -2.15. The lowest BCUT2D eigenvalue weighted by Gasteiger charge is -2.20. The van der Waals surface area contributed by atoms with Crippen LogP contribution in [-0.4, -0.2) is 27.0 Å². The molecule has 122 valence electrons. The molecule has 1 aliphatic heterocycles. The van der Waals surface area contributed by atoms with Gasteiger partial charge in [-0.25, -0.2) is 4.39 Å². The summed E-state index contributed by atoms with van der Waals surface area (Å²) in [7, 11) is 0. The van der Waals surface area contributed by atoms with Crippen LogP contribution < -0.4 is 4.74 Å². The molecule has 1 aliphatic rings. The normalized spacial score (nSPS) is 13.4. The van der Waals surface area contributed by atoms with Gasteiger partial charge in [0.1, 0.15) is 11.6 Å². The summed E-state index contributed by atoms with van der Waals surface area (Å²) < 4.78 is 25.4. The molecule has 0 radical (unpaired) electrons. The van der Waals surface area contributed by atoms with E-state index in [2.05, 4.69) is 31.3 Å². The van der Waals surface area contributed by atoms with Crippen LogP contribution in [0.3, 0.4) is 0 Å². The fourth-order valence-electron chi connectivity index (χ4n) is 2.55. The summed E-state index contributed by atoms with van der Waals surface area (Å²) in [6, 6.07) is 10.5. The van der Waals surface area contributed by atoms with Crippen molar-refractivity contribution >= 4 is 15.9 Å². The van der Waals surface area contributed by atoms with E-state index in [9.17, 15) is 4.39 Å². The average molecular weight is 391 g/mol. The highest BCUT2D eigenvalue weighted by Gasteiger charge is 2.18. The number of fused-ring (bicyclic) bond motifs is 1. The van der Waals surface area contributed by atoms with Crippen molar-refractivity contribution in [1.29, 1.82) is 0 Å². The third kappa shape index (κ3) is 3.02. The second-order valence-corrected chi connectivity index (χ2v) is 6.23. The van der Waals surface area contributed by atoms with Crippen molar-refractivity contribution in [2.24, 2.45) is 0 Å². The Kier molecular flexibility index (Phi) is 3.99. The molecular weight excluding hydrogens is 379 g/mol. The maximum atomic E-state index is 13.8. The molecule has 0 atom stereocenters. The van der Waals surface area contributed by atoms with Gasteiger partial charge in [0.05, 0.1) is 13.2 Å². The number of nitrogens with zero attached hydrogens (tertiary/aromatic N) is 4. The van der Waals surface area contributed by atoms with Gasteiger partial charge in [0.2, 0.25) is 5.82 Å². The van der Waals surface area contributed by atoms with Crippen molar-refractivity contribution in [3.05, 3.63) is 57.8 Å². The molecule has 0 aliphatic carbocycles. The predicted molar refractivity (Wildman–Crippen MR) is 86.7 cm³/mol. The minimum absolute atomic E-state index is 0.153. The number of aromatic nitrogens is 4. The standard InChI is InChI=1S/C16H12BrFN4O2/c17-13-3-1-10(2-4-13)16-19-21-22(20-16)7-11-5-14(18)6-12-8-23-9-24-15(11)12/h1-6H,7-9H2. The molecule has 0 fully saturated rings. The van der Waals surface area contributed by atoms with Crippen LogP contribution in [0.2, 0.25) is 0 Å². The van der Waals surface area contributed by atoms with Gasteiger partial charge in [0.25, 0.3) is 0 Å². The van der Waals surface area contributed by atoms with E-state index in [0.29, 0.717) is 29.3 Å². The minimum atomic E-state index is -0.342. The number of hydrogen-bond donors (Lipinski definition) is 0. The summed E-state index contributed by atoms with van der Waals surface area (Å²) in [6.07, 6.45) is 0. The first-order chi connectivity index (χ1) is 11.7. The highest BCUT2D eigenvalue weighted by atomic mass is 79.9. The number of ether oxygens (including phenoxy) is 2. The van der Waals surface area contributed by atoms with Crippen LogP contribution in [-0.2, 0) is 17.9 Å². The van der Waals surface area contributed by atoms with Crippen molar-refractivity contribution in [3.8, 4) is 17.1 Å². The summed E-state index contributed by atoms with van der Waals surface area (Å²) in [6.45, 7) is 0.749. The van der Waals surface area contributed by atoms with E-state index in [-0.39, 0.29) is 19.2 Å². The highest BCUT2D eigenvalue weighted by Crippen LogP contribution is 2.30. The van der Waals surface area contributed by atoms with Gasteiger partial charge in [-0.1, -0.05) is 15.9 Å². The van der Waals surface area contributed by atoms with Crippen molar-refractivity contribution in [2.75, 3.05) is 6.79 Å². The summed E-state index contributed by atoms with van der Waals surface area (Å²) in [4.78, 5) is 1.42. The Bertz CT molecular complexity index is 882. The molecule has 0 N–H and O–H groups in total.